The van der Waals surface area contributed by atoms with Crippen LogP contribution in [0, 0.1) is 0 Å². The van der Waals surface area contributed by atoms with E-state index in [2.05, 4.69) is 16.6 Å². The number of carboxylic acid groups (broad SMARTS) is 1. The van der Waals surface area contributed by atoms with Crippen LogP contribution in [0.4, 0.5) is 18.0 Å². The summed E-state index contributed by atoms with van der Waals surface area (Å²) in [5.74, 6) is 0. The molecule has 1 aromatic heterocycles. The van der Waals surface area contributed by atoms with Crippen LogP contribution in [0.5, 0.6) is 0 Å². The second-order valence-corrected chi connectivity index (χ2v) is 3.50. The Hall–Kier alpha value is -0.530. The van der Waals surface area contributed by atoms with E-state index < -0.39 is 17.3 Å². The minimum Gasteiger partial charge on any atom is -0.469 e. The van der Waals surface area contributed by atoms with Crippen molar-refractivity contribution in [3.05, 3.63) is 15.5 Å². The summed E-state index contributed by atoms with van der Waals surface area (Å²) < 4.78 is 35.0. The van der Waals surface area contributed by atoms with Crippen molar-refractivity contribution in [2.75, 3.05) is 0 Å². The van der Waals surface area contributed by atoms with E-state index in [1.165, 1.54) is 0 Å². The lowest BCUT2D eigenvalue weighted by Gasteiger charge is -1.98. The number of aromatic nitrogens is 1. The van der Waals surface area contributed by atoms with Crippen LogP contribution in [0.25, 0.3) is 0 Å². The minimum atomic E-state index is -4.37. The van der Waals surface area contributed by atoms with Crippen LogP contribution in [0.1, 0.15) is 5.69 Å². The third kappa shape index (κ3) is 6.01. The molecule has 0 amide bonds. The van der Waals surface area contributed by atoms with E-state index in [4.69, 9.17) is 21.5 Å². The summed E-state index contributed by atoms with van der Waals surface area (Å²) in [6.07, 6.45) is -4.37. The van der Waals surface area contributed by atoms with Gasteiger partial charge in [-0.25, -0.2) is 9.78 Å². The first-order valence-corrected chi connectivity index (χ1v) is 4.43. The SMILES string of the molecule is FC(F)(F)c1csc(Cl)n1.O=C(O)Cl. The maximum Gasteiger partial charge on any atom is 0.434 e. The Morgan fingerprint density at radius 3 is 2.14 bits per heavy atom. The molecule has 0 aliphatic heterocycles. The number of alkyl halides is 3. The Kier molecular flexibility index (Phi) is 5.17. The van der Waals surface area contributed by atoms with Gasteiger partial charge in [-0.3, -0.25) is 0 Å². The first-order valence-electron chi connectivity index (χ1n) is 2.80. The van der Waals surface area contributed by atoms with Gasteiger partial charge < -0.3 is 5.11 Å². The molecule has 1 N–H and O–H groups in total. The van der Waals surface area contributed by atoms with Crippen LogP contribution in [0.3, 0.4) is 0 Å². The van der Waals surface area contributed by atoms with E-state index in [0.29, 0.717) is 0 Å². The van der Waals surface area contributed by atoms with Crippen LogP contribution in [-0.4, -0.2) is 15.5 Å². The molecule has 0 saturated carbocycles. The zero-order chi connectivity index (χ0) is 11.4. The summed E-state index contributed by atoms with van der Waals surface area (Å²) in [5, 5.41) is 8.06. The third-order valence-corrected chi connectivity index (χ3v) is 1.75. The number of halogens is 5. The van der Waals surface area contributed by atoms with Crippen molar-refractivity contribution in [3.63, 3.8) is 0 Å². The number of hydrogen-bond donors (Lipinski definition) is 1. The quantitative estimate of drug-likeness (QED) is 0.729. The highest BCUT2D eigenvalue weighted by Gasteiger charge is 2.33. The molecule has 1 heterocycles. The first-order chi connectivity index (χ1) is 6.23. The van der Waals surface area contributed by atoms with Gasteiger partial charge in [-0.1, -0.05) is 11.6 Å². The fourth-order valence-corrected chi connectivity index (χ4v) is 1.15. The molecule has 1 aromatic rings. The van der Waals surface area contributed by atoms with Gasteiger partial charge in [0.1, 0.15) is 0 Å². The Labute approximate surface area is 90.1 Å². The molecular weight excluding hydrogens is 266 g/mol. The summed E-state index contributed by atoms with van der Waals surface area (Å²) in [5.41, 5.74) is -2.29. The summed E-state index contributed by atoms with van der Waals surface area (Å²) in [6.45, 7) is 0. The molecule has 0 aliphatic rings. The molecular formula is C5H2Cl2F3NO2S. The Morgan fingerprint density at radius 1 is 1.57 bits per heavy atom. The molecule has 0 aliphatic carbocycles. The molecule has 0 atom stereocenters. The fraction of sp³-hybridized carbons (Fsp3) is 0.200. The zero-order valence-corrected chi connectivity index (χ0v) is 8.51. The molecule has 3 nitrogen and oxygen atoms in total. The predicted octanol–water partition coefficient (Wildman–Crippen LogP) is 3.72. The van der Waals surface area contributed by atoms with Gasteiger partial charge in [-0.15, -0.1) is 11.3 Å². The lowest BCUT2D eigenvalue weighted by atomic mass is 10.5. The van der Waals surface area contributed by atoms with Crippen LogP contribution >= 0.6 is 34.5 Å². The molecule has 9 heteroatoms. The zero-order valence-electron chi connectivity index (χ0n) is 6.18. The van der Waals surface area contributed by atoms with Crippen molar-refractivity contribution in [1.82, 2.24) is 4.98 Å². The van der Waals surface area contributed by atoms with Gasteiger partial charge in [-0.05, 0) is 0 Å². The van der Waals surface area contributed by atoms with Crippen molar-refractivity contribution >= 4 is 40.0 Å². The van der Waals surface area contributed by atoms with Crippen molar-refractivity contribution in [2.45, 2.75) is 6.18 Å². The van der Waals surface area contributed by atoms with E-state index >= 15 is 0 Å². The predicted molar refractivity (Wildman–Crippen MR) is 46.0 cm³/mol. The van der Waals surface area contributed by atoms with Crippen molar-refractivity contribution in [1.29, 1.82) is 0 Å². The summed E-state index contributed by atoms with van der Waals surface area (Å²) in [6, 6.07) is 0. The molecule has 0 spiro atoms. The van der Waals surface area contributed by atoms with Crippen molar-refractivity contribution in [3.8, 4) is 0 Å². The average molecular weight is 268 g/mol. The highest BCUT2D eigenvalue weighted by Crippen LogP contribution is 2.31. The van der Waals surface area contributed by atoms with Crippen molar-refractivity contribution < 1.29 is 23.1 Å². The molecule has 0 radical (unpaired) electrons. The van der Waals surface area contributed by atoms with E-state index in [-0.39, 0.29) is 4.47 Å². The highest BCUT2D eigenvalue weighted by molar-refractivity contribution is 7.13. The lowest BCUT2D eigenvalue weighted by molar-refractivity contribution is -0.140. The molecule has 0 fully saturated rings. The summed E-state index contributed by atoms with van der Waals surface area (Å²) in [4.78, 5) is 11.8. The molecule has 0 unspecified atom stereocenters. The fourth-order valence-electron chi connectivity index (χ4n) is 0.382. The van der Waals surface area contributed by atoms with E-state index in [1.54, 1.807) is 0 Å². The molecule has 80 valence electrons. The van der Waals surface area contributed by atoms with Gasteiger partial charge in [0.05, 0.1) is 0 Å². The Balaban J connectivity index is 0.000000364. The monoisotopic (exact) mass is 267 g/mol. The van der Waals surface area contributed by atoms with E-state index in [1.807, 2.05) is 0 Å². The Morgan fingerprint density at radius 2 is 2.00 bits per heavy atom. The van der Waals surface area contributed by atoms with Crippen LogP contribution < -0.4 is 0 Å². The van der Waals surface area contributed by atoms with Crippen LogP contribution in [0.15, 0.2) is 5.38 Å². The normalized spacial score (nSPS) is 10.4. The summed E-state index contributed by atoms with van der Waals surface area (Å²) in [7, 11) is 0. The largest absolute Gasteiger partial charge is 0.469 e. The number of thiazole rings is 1. The average Bonchev–Trinajstić information content (AvgIpc) is 2.32. The van der Waals surface area contributed by atoms with E-state index in [9.17, 15) is 13.2 Å². The topological polar surface area (TPSA) is 50.2 Å². The van der Waals surface area contributed by atoms with Crippen LogP contribution in [0.2, 0.25) is 4.47 Å². The maximum atomic E-state index is 11.7. The van der Waals surface area contributed by atoms with Gasteiger partial charge in [0.2, 0.25) is 0 Å². The second-order valence-electron chi connectivity index (χ2n) is 1.74. The highest BCUT2D eigenvalue weighted by atomic mass is 35.5. The molecule has 0 saturated heterocycles. The molecule has 1 rings (SSSR count). The van der Waals surface area contributed by atoms with Gasteiger partial charge in [0, 0.05) is 17.0 Å². The number of hydrogen-bond acceptors (Lipinski definition) is 3. The first kappa shape index (κ1) is 13.5. The number of carbonyl (C=O) groups is 1. The lowest BCUT2D eigenvalue weighted by Crippen LogP contribution is -2.04. The van der Waals surface area contributed by atoms with Gasteiger partial charge in [0.15, 0.2) is 10.2 Å². The van der Waals surface area contributed by atoms with Gasteiger partial charge in [0.25, 0.3) is 0 Å². The minimum absolute atomic E-state index is 0.0904. The maximum absolute atomic E-state index is 11.7. The smallest absolute Gasteiger partial charge is 0.434 e. The van der Waals surface area contributed by atoms with Gasteiger partial charge in [-0.2, -0.15) is 13.2 Å². The second kappa shape index (κ2) is 5.38. The number of rotatable bonds is 0. The number of nitrogens with zero attached hydrogens (tertiary/aromatic N) is 1. The Bertz CT molecular complexity index is 310. The standard InChI is InChI=1S/C4HClF3NS.CHClO2/c5-3-9-2(1-10-3)4(6,7)8;2-1(3)4/h1H;(H,3,4). The van der Waals surface area contributed by atoms with Crippen LogP contribution in [-0.2, 0) is 6.18 Å². The van der Waals surface area contributed by atoms with Gasteiger partial charge >= 0.3 is 11.6 Å². The molecule has 0 bridgehead atoms. The summed E-state index contributed by atoms with van der Waals surface area (Å²) >= 11 is 10.1. The molecule has 14 heavy (non-hydrogen) atoms. The molecule has 0 aromatic carbocycles. The third-order valence-electron chi connectivity index (χ3n) is 0.767. The van der Waals surface area contributed by atoms with E-state index in [0.717, 1.165) is 16.7 Å². The van der Waals surface area contributed by atoms with Crippen molar-refractivity contribution in [2.24, 2.45) is 0 Å².